The Hall–Kier alpha value is -1.88. The Labute approximate surface area is 125 Å². The van der Waals surface area contributed by atoms with Crippen LogP contribution in [0.2, 0.25) is 0 Å². The lowest BCUT2D eigenvalue weighted by Gasteiger charge is -2.24. The maximum atomic E-state index is 12.1. The van der Waals surface area contributed by atoms with Crippen molar-refractivity contribution in [2.24, 2.45) is 17.1 Å². The second-order valence-electron chi connectivity index (χ2n) is 6.42. The van der Waals surface area contributed by atoms with Crippen molar-refractivity contribution in [1.29, 1.82) is 0 Å². The number of hydrogen-bond acceptors (Lipinski definition) is 3. The zero-order valence-corrected chi connectivity index (χ0v) is 12.8. The Morgan fingerprint density at radius 1 is 1.33 bits per heavy atom. The van der Waals surface area contributed by atoms with E-state index in [1.165, 1.54) is 6.07 Å². The van der Waals surface area contributed by atoms with Crippen LogP contribution in [0.5, 0.6) is 0 Å². The molecule has 1 rings (SSSR count). The predicted molar refractivity (Wildman–Crippen MR) is 81.9 cm³/mol. The number of carbonyl (C=O) groups excluding carboxylic acids is 1. The number of hydrogen-bond donors (Lipinski definition) is 3. The van der Waals surface area contributed by atoms with E-state index in [9.17, 15) is 9.59 Å². The molecular formula is C16H24N2O3. The summed E-state index contributed by atoms with van der Waals surface area (Å²) in [6, 6.07) is 6.54. The number of carboxylic acids is 1. The summed E-state index contributed by atoms with van der Waals surface area (Å²) in [5, 5.41) is 11.8. The Morgan fingerprint density at radius 3 is 2.52 bits per heavy atom. The third-order valence-electron chi connectivity index (χ3n) is 3.15. The first kappa shape index (κ1) is 17.2. The van der Waals surface area contributed by atoms with Crippen LogP contribution in [0.25, 0.3) is 0 Å². The van der Waals surface area contributed by atoms with Gasteiger partial charge in [0.05, 0.1) is 11.5 Å². The van der Waals surface area contributed by atoms with Crippen molar-refractivity contribution >= 4 is 11.9 Å². The van der Waals surface area contributed by atoms with Gasteiger partial charge in [-0.3, -0.25) is 4.79 Å². The summed E-state index contributed by atoms with van der Waals surface area (Å²) < 4.78 is 0. The molecule has 5 nitrogen and oxygen atoms in total. The van der Waals surface area contributed by atoms with Gasteiger partial charge in [-0.05, 0) is 29.5 Å². The fourth-order valence-corrected chi connectivity index (χ4v) is 2.17. The van der Waals surface area contributed by atoms with Gasteiger partial charge in [-0.1, -0.05) is 32.9 Å². The monoisotopic (exact) mass is 292 g/mol. The highest BCUT2D eigenvalue weighted by molar-refractivity contribution is 5.87. The minimum absolute atomic E-state index is 0.0323. The van der Waals surface area contributed by atoms with E-state index < -0.39 is 5.97 Å². The molecule has 1 amide bonds. The summed E-state index contributed by atoms with van der Waals surface area (Å²) in [4.78, 5) is 23.0. The highest BCUT2D eigenvalue weighted by Gasteiger charge is 2.23. The molecule has 0 saturated carbocycles. The average molecular weight is 292 g/mol. The smallest absolute Gasteiger partial charge is 0.335 e. The van der Waals surface area contributed by atoms with Crippen LogP contribution in [0.1, 0.15) is 43.1 Å². The molecule has 1 aromatic carbocycles. The summed E-state index contributed by atoms with van der Waals surface area (Å²) in [6.07, 6.45) is 0.713. The number of rotatable bonds is 6. The van der Waals surface area contributed by atoms with E-state index in [4.69, 9.17) is 10.8 Å². The van der Waals surface area contributed by atoms with Crippen LogP contribution in [0.4, 0.5) is 0 Å². The van der Waals surface area contributed by atoms with Gasteiger partial charge in [0.25, 0.3) is 0 Å². The lowest BCUT2D eigenvalue weighted by atomic mass is 9.84. The molecule has 1 aromatic rings. The van der Waals surface area contributed by atoms with E-state index in [1.54, 1.807) is 18.2 Å². The second kappa shape index (κ2) is 7.22. The van der Waals surface area contributed by atoms with Crippen molar-refractivity contribution in [2.75, 3.05) is 6.54 Å². The molecule has 0 heterocycles. The van der Waals surface area contributed by atoms with Crippen LogP contribution in [-0.2, 0) is 11.3 Å². The lowest BCUT2D eigenvalue weighted by molar-refractivity contribution is -0.125. The molecule has 21 heavy (non-hydrogen) atoms. The zero-order chi connectivity index (χ0) is 16.0. The van der Waals surface area contributed by atoms with E-state index in [-0.39, 0.29) is 22.8 Å². The topological polar surface area (TPSA) is 92.4 Å². The molecule has 0 aliphatic heterocycles. The van der Waals surface area contributed by atoms with Crippen molar-refractivity contribution < 1.29 is 14.7 Å². The SMILES string of the molecule is CC(C)(C)CC(CN)C(=O)NCc1cccc(C(=O)O)c1. The lowest BCUT2D eigenvalue weighted by Crippen LogP contribution is -2.36. The van der Waals surface area contributed by atoms with Crippen molar-refractivity contribution in [2.45, 2.75) is 33.7 Å². The van der Waals surface area contributed by atoms with Crippen LogP contribution in [0.15, 0.2) is 24.3 Å². The number of nitrogens with two attached hydrogens (primary N) is 1. The molecule has 0 aliphatic rings. The van der Waals surface area contributed by atoms with Crippen LogP contribution >= 0.6 is 0 Å². The number of nitrogens with one attached hydrogen (secondary N) is 1. The van der Waals surface area contributed by atoms with Crippen molar-refractivity contribution in [1.82, 2.24) is 5.32 Å². The maximum absolute atomic E-state index is 12.1. The van der Waals surface area contributed by atoms with Gasteiger partial charge in [0.15, 0.2) is 0 Å². The molecular weight excluding hydrogens is 268 g/mol. The van der Waals surface area contributed by atoms with E-state index in [1.807, 2.05) is 0 Å². The van der Waals surface area contributed by atoms with Gasteiger partial charge < -0.3 is 16.2 Å². The van der Waals surface area contributed by atoms with Gasteiger partial charge in [-0.25, -0.2) is 4.79 Å². The highest BCUT2D eigenvalue weighted by Crippen LogP contribution is 2.24. The summed E-state index contributed by atoms with van der Waals surface area (Å²) >= 11 is 0. The molecule has 0 aromatic heterocycles. The van der Waals surface area contributed by atoms with E-state index >= 15 is 0 Å². The molecule has 116 valence electrons. The normalized spacial score (nSPS) is 12.8. The Kier molecular flexibility index (Phi) is 5.90. The largest absolute Gasteiger partial charge is 0.478 e. The molecule has 0 radical (unpaired) electrons. The average Bonchev–Trinajstić information content (AvgIpc) is 2.41. The van der Waals surface area contributed by atoms with Crippen LogP contribution in [0.3, 0.4) is 0 Å². The molecule has 0 saturated heterocycles. The fourth-order valence-electron chi connectivity index (χ4n) is 2.17. The Balaban J connectivity index is 2.63. The molecule has 1 atom stereocenters. The number of aromatic carboxylic acids is 1. The van der Waals surface area contributed by atoms with Crippen LogP contribution < -0.4 is 11.1 Å². The van der Waals surface area contributed by atoms with Gasteiger partial charge in [-0.15, -0.1) is 0 Å². The van der Waals surface area contributed by atoms with Crippen LogP contribution in [0, 0.1) is 11.3 Å². The van der Waals surface area contributed by atoms with Gasteiger partial charge >= 0.3 is 5.97 Å². The highest BCUT2D eigenvalue weighted by atomic mass is 16.4. The first-order chi connectivity index (χ1) is 9.73. The molecule has 0 fully saturated rings. The van der Waals surface area contributed by atoms with E-state index in [0.29, 0.717) is 19.5 Å². The molecule has 5 heteroatoms. The Morgan fingerprint density at radius 2 is 2.00 bits per heavy atom. The van der Waals surface area contributed by atoms with Gasteiger partial charge in [0.2, 0.25) is 5.91 Å². The minimum atomic E-state index is -0.976. The van der Waals surface area contributed by atoms with Gasteiger partial charge in [-0.2, -0.15) is 0 Å². The predicted octanol–water partition coefficient (Wildman–Crippen LogP) is 2.01. The molecule has 0 spiro atoms. The quantitative estimate of drug-likeness (QED) is 0.748. The summed E-state index contributed by atoms with van der Waals surface area (Å²) in [5.41, 5.74) is 6.68. The number of benzene rings is 1. The van der Waals surface area contributed by atoms with Gasteiger partial charge in [0, 0.05) is 13.1 Å². The first-order valence-corrected chi connectivity index (χ1v) is 7.03. The minimum Gasteiger partial charge on any atom is -0.478 e. The third-order valence-corrected chi connectivity index (χ3v) is 3.15. The zero-order valence-electron chi connectivity index (χ0n) is 12.8. The summed E-state index contributed by atoms with van der Waals surface area (Å²) in [6.45, 7) is 6.82. The van der Waals surface area contributed by atoms with Gasteiger partial charge in [0.1, 0.15) is 0 Å². The number of amides is 1. The summed E-state index contributed by atoms with van der Waals surface area (Å²) in [7, 11) is 0. The van der Waals surface area contributed by atoms with Crippen molar-refractivity contribution in [3.63, 3.8) is 0 Å². The second-order valence-corrected chi connectivity index (χ2v) is 6.42. The molecule has 4 N–H and O–H groups in total. The maximum Gasteiger partial charge on any atom is 0.335 e. The summed E-state index contributed by atoms with van der Waals surface area (Å²) in [5.74, 6) is -1.29. The van der Waals surface area contributed by atoms with Crippen molar-refractivity contribution in [3.8, 4) is 0 Å². The van der Waals surface area contributed by atoms with E-state index in [2.05, 4.69) is 26.1 Å². The first-order valence-electron chi connectivity index (χ1n) is 7.03. The van der Waals surface area contributed by atoms with E-state index in [0.717, 1.165) is 5.56 Å². The fraction of sp³-hybridized carbons (Fsp3) is 0.500. The van der Waals surface area contributed by atoms with Crippen molar-refractivity contribution in [3.05, 3.63) is 35.4 Å². The van der Waals surface area contributed by atoms with Crippen LogP contribution in [-0.4, -0.2) is 23.5 Å². The molecule has 0 aliphatic carbocycles. The standard InChI is InChI=1S/C16H24N2O3/c1-16(2,3)8-13(9-17)14(19)18-10-11-5-4-6-12(7-11)15(20)21/h4-7,13H,8-10,17H2,1-3H3,(H,18,19)(H,20,21). The number of carboxylic acid groups (broad SMARTS) is 1. The molecule has 1 unspecified atom stereocenters. The Bertz CT molecular complexity index is 506. The third kappa shape index (κ3) is 5.95. The number of carbonyl (C=O) groups is 2. The molecule has 0 bridgehead atoms.